The van der Waals surface area contributed by atoms with Crippen molar-refractivity contribution in [2.45, 2.75) is 90.2 Å². The SMILES string of the molecule is COc1ccc(CC(C(=O)NC(C)C(N)=O)N(C)C(=O)C2CCCN2C(=O)C(CC(C)C)NC(=O)C(C)NC(=O)OCc2ccccc2)cc1. The molecule has 1 fully saturated rings. The highest BCUT2D eigenvalue weighted by molar-refractivity contribution is 5.96. The number of nitrogens with zero attached hydrogens (tertiary/aromatic N) is 2. The highest BCUT2D eigenvalue weighted by Gasteiger charge is 2.41. The average Bonchev–Trinajstić information content (AvgIpc) is 3.59. The molecule has 5 N–H and O–H groups in total. The maximum atomic E-state index is 14.1. The molecule has 0 bridgehead atoms. The van der Waals surface area contributed by atoms with Gasteiger partial charge in [0.1, 0.15) is 42.6 Å². The van der Waals surface area contributed by atoms with Crippen molar-refractivity contribution in [3.63, 3.8) is 0 Å². The standard InChI is InChI=1S/C36H50N6O8/c1-22(2)19-28(40-32(44)24(4)39-36(48)50-21-26-11-8-7-9-12-26)34(46)42-18-10-13-29(42)35(47)41(5)30(33(45)38-23(3)31(37)43)20-25-14-16-27(49-6)17-15-25/h7-9,11-12,14-17,22-24,28-30H,10,13,18-21H2,1-6H3,(H2,37,43)(H,38,45)(H,39,48)(H,40,44). The largest absolute Gasteiger partial charge is 0.497 e. The summed E-state index contributed by atoms with van der Waals surface area (Å²) in [6, 6.07) is 11.2. The number of nitrogens with two attached hydrogens (primary N) is 1. The minimum Gasteiger partial charge on any atom is -0.497 e. The summed E-state index contributed by atoms with van der Waals surface area (Å²) in [5.41, 5.74) is 6.91. The number of benzene rings is 2. The number of hydrogen-bond donors (Lipinski definition) is 4. The molecule has 50 heavy (non-hydrogen) atoms. The second-order valence-corrected chi connectivity index (χ2v) is 13.0. The van der Waals surface area contributed by atoms with Crippen molar-refractivity contribution in [2.75, 3.05) is 20.7 Å². The van der Waals surface area contributed by atoms with Gasteiger partial charge in [-0.2, -0.15) is 0 Å². The molecule has 3 rings (SSSR count). The normalized spacial score (nSPS) is 16.4. The molecule has 0 spiro atoms. The summed E-state index contributed by atoms with van der Waals surface area (Å²) >= 11 is 0. The van der Waals surface area contributed by atoms with E-state index in [4.69, 9.17) is 15.2 Å². The van der Waals surface area contributed by atoms with Crippen LogP contribution in [0, 0.1) is 5.92 Å². The maximum Gasteiger partial charge on any atom is 0.408 e. The molecule has 5 atom stereocenters. The van der Waals surface area contributed by atoms with Crippen LogP contribution in [0.15, 0.2) is 54.6 Å². The van der Waals surface area contributed by atoms with E-state index in [-0.39, 0.29) is 31.9 Å². The van der Waals surface area contributed by atoms with E-state index in [1.807, 2.05) is 32.0 Å². The minimum absolute atomic E-state index is 0.00704. The van der Waals surface area contributed by atoms with Crippen molar-refractivity contribution in [1.82, 2.24) is 25.8 Å². The molecule has 6 amide bonds. The zero-order chi connectivity index (χ0) is 37.0. The van der Waals surface area contributed by atoms with E-state index in [9.17, 15) is 28.8 Å². The van der Waals surface area contributed by atoms with E-state index in [1.165, 1.54) is 37.8 Å². The Balaban J connectivity index is 1.74. The van der Waals surface area contributed by atoms with Crippen molar-refractivity contribution in [2.24, 2.45) is 11.7 Å². The van der Waals surface area contributed by atoms with Gasteiger partial charge in [-0.3, -0.25) is 24.0 Å². The monoisotopic (exact) mass is 694 g/mol. The summed E-state index contributed by atoms with van der Waals surface area (Å²) in [6.45, 7) is 7.06. The van der Waals surface area contributed by atoms with Gasteiger partial charge in [-0.05, 0) is 62.3 Å². The molecule has 1 saturated heterocycles. The molecule has 14 nitrogen and oxygen atoms in total. The second kappa shape index (κ2) is 18.6. The average molecular weight is 695 g/mol. The van der Waals surface area contributed by atoms with Crippen molar-refractivity contribution in [3.8, 4) is 5.75 Å². The smallest absolute Gasteiger partial charge is 0.408 e. The zero-order valence-electron chi connectivity index (χ0n) is 29.6. The topological polar surface area (TPSA) is 189 Å². The van der Waals surface area contributed by atoms with E-state index in [1.54, 1.807) is 36.4 Å². The van der Waals surface area contributed by atoms with Gasteiger partial charge in [-0.1, -0.05) is 56.3 Å². The Kier molecular flexibility index (Phi) is 14.6. The van der Waals surface area contributed by atoms with Crippen molar-refractivity contribution in [1.29, 1.82) is 0 Å². The van der Waals surface area contributed by atoms with Gasteiger partial charge in [0.05, 0.1) is 7.11 Å². The Morgan fingerprint density at radius 1 is 0.880 bits per heavy atom. The van der Waals surface area contributed by atoms with E-state index >= 15 is 0 Å². The molecule has 1 heterocycles. The van der Waals surface area contributed by atoms with Crippen LogP contribution in [0.25, 0.3) is 0 Å². The van der Waals surface area contributed by atoms with Gasteiger partial charge in [-0.25, -0.2) is 4.79 Å². The first-order valence-electron chi connectivity index (χ1n) is 16.8. The van der Waals surface area contributed by atoms with Crippen LogP contribution < -0.4 is 26.4 Å². The fraction of sp³-hybridized carbons (Fsp3) is 0.500. The number of likely N-dealkylation sites (N-methyl/N-ethyl adjacent to an activating group) is 1. The summed E-state index contributed by atoms with van der Waals surface area (Å²) in [5.74, 6) is -2.15. The third-order valence-corrected chi connectivity index (χ3v) is 8.57. The van der Waals surface area contributed by atoms with Gasteiger partial charge in [0.15, 0.2) is 0 Å². The quantitative estimate of drug-likeness (QED) is 0.205. The van der Waals surface area contributed by atoms with Gasteiger partial charge >= 0.3 is 6.09 Å². The number of methoxy groups -OCH3 is 1. The lowest BCUT2D eigenvalue weighted by molar-refractivity contribution is -0.148. The first kappa shape index (κ1) is 39.3. The number of likely N-dealkylation sites (tertiary alicyclic amines) is 1. The Morgan fingerprint density at radius 2 is 1.54 bits per heavy atom. The number of hydrogen-bond acceptors (Lipinski definition) is 8. The van der Waals surface area contributed by atoms with E-state index in [0.29, 0.717) is 18.6 Å². The van der Waals surface area contributed by atoms with E-state index in [0.717, 1.165) is 11.1 Å². The Morgan fingerprint density at radius 3 is 2.14 bits per heavy atom. The van der Waals surface area contributed by atoms with E-state index in [2.05, 4.69) is 16.0 Å². The minimum atomic E-state index is -1.03. The first-order valence-corrected chi connectivity index (χ1v) is 16.8. The van der Waals surface area contributed by atoms with Crippen LogP contribution in [0.1, 0.15) is 58.1 Å². The van der Waals surface area contributed by atoms with Crippen LogP contribution in [0.3, 0.4) is 0 Å². The number of rotatable bonds is 16. The third-order valence-electron chi connectivity index (χ3n) is 8.57. The van der Waals surface area contributed by atoms with Crippen molar-refractivity contribution >= 4 is 35.6 Å². The molecular formula is C36H50N6O8. The summed E-state index contributed by atoms with van der Waals surface area (Å²) in [5, 5.41) is 7.85. The third kappa shape index (κ3) is 11.2. The summed E-state index contributed by atoms with van der Waals surface area (Å²) < 4.78 is 10.4. The number of primary amides is 1. The molecule has 0 aromatic heterocycles. The zero-order valence-corrected chi connectivity index (χ0v) is 29.6. The van der Waals surface area contributed by atoms with E-state index < -0.39 is 65.8 Å². The molecule has 5 unspecified atom stereocenters. The number of amides is 6. The molecule has 272 valence electrons. The van der Waals surface area contributed by atoms with Gasteiger partial charge in [0, 0.05) is 20.0 Å². The molecule has 0 radical (unpaired) electrons. The lowest BCUT2D eigenvalue weighted by Gasteiger charge is -2.34. The van der Waals surface area contributed by atoms with Gasteiger partial charge in [0.25, 0.3) is 0 Å². The van der Waals surface area contributed by atoms with Crippen LogP contribution >= 0.6 is 0 Å². The highest BCUT2D eigenvalue weighted by atomic mass is 16.5. The highest BCUT2D eigenvalue weighted by Crippen LogP contribution is 2.24. The van der Waals surface area contributed by atoms with Crippen LogP contribution in [-0.2, 0) is 41.7 Å². The summed E-state index contributed by atoms with van der Waals surface area (Å²) in [7, 11) is 3.03. The predicted octanol–water partition coefficient (Wildman–Crippen LogP) is 1.89. The van der Waals surface area contributed by atoms with Crippen LogP contribution in [-0.4, -0.2) is 96.3 Å². The first-order chi connectivity index (χ1) is 23.7. The Bertz CT molecular complexity index is 1490. The van der Waals surface area contributed by atoms with Crippen molar-refractivity contribution < 1.29 is 38.2 Å². The maximum absolute atomic E-state index is 14.1. The summed E-state index contributed by atoms with van der Waals surface area (Å²) in [4.78, 5) is 81.6. The fourth-order valence-corrected chi connectivity index (χ4v) is 5.64. The lowest BCUT2D eigenvalue weighted by atomic mass is 10.0. The Labute approximate surface area is 293 Å². The van der Waals surface area contributed by atoms with Crippen LogP contribution in [0.2, 0.25) is 0 Å². The lowest BCUT2D eigenvalue weighted by Crippen LogP contribution is -2.59. The molecule has 2 aromatic rings. The summed E-state index contributed by atoms with van der Waals surface area (Å²) in [6.07, 6.45) is 0.523. The molecule has 14 heteroatoms. The molecule has 2 aromatic carbocycles. The van der Waals surface area contributed by atoms with Gasteiger partial charge < -0.3 is 41.0 Å². The molecule has 1 aliphatic heterocycles. The van der Waals surface area contributed by atoms with Crippen LogP contribution in [0.5, 0.6) is 5.75 Å². The predicted molar refractivity (Wildman–Crippen MR) is 185 cm³/mol. The Hall–Kier alpha value is -5.14. The van der Waals surface area contributed by atoms with Crippen LogP contribution in [0.4, 0.5) is 4.79 Å². The number of nitrogens with one attached hydrogen (secondary N) is 3. The molecule has 1 aliphatic rings. The van der Waals surface area contributed by atoms with Crippen molar-refractivity contribution in [3.05, 3.63) is 65.7 Å². The number of carbonyl (C=O) groups excluding carboxylic acids is 6. The molecule has 0 saturated carbocycles. The molecular weight excluding hydrogens is 644 g/mol. The fourth-order valence-electron chi connectivity index (χ4n) is 5.64. The second-order valence-electron chi connectivity index (χ2n) is 13.0. The number of alkyl carbamates (subject to hydrolysis) is 1. The molecule has 0 aliphatic carbocycles. The van der Waals surface area contributed by atoms with Gasteiger partial charge in [0.2, 0.25) is 29.5 Å². The number of carbonyl (C=O) groups is 6. The van der Waals surface area contributed by atoms with Gasteiger partial charge in [-0.15, -0.1) is 0 Å². The number of ether oxygens (including phenoxy) is 2.